The summed E-state index contributed by atoms with van der Waals surface area (Å²) in [6, 6.07) is 6.92. The van der Waals surface area contributed by atoms with Gasteiger partial charge in [-0.1, -0.05) is 13.3 Å². The maximum absolute atomic E-state index is 14.2. The first-order chi connectivity index (χ1) is 15.7. The summed E-state index contributed by atoms with van der Waals surface area (Å²) in [6.07, 6.45) is 4.12. The molecule has 0 radical (unpaired) electrons. The zero-order chi connectivity index (χ0) is 24.4. The van der Waals surface area contributed by atoms with Crippen molar-refractivity contribution in [1.82, 2.24) is 0 Å². The van der Waals surface area contributed by atoms with Crippen molar-refractivity contribution in [2.45, 2.75) is 39.5 Å². The molecular formula is C25H27FO7. The number of phenolic OH excluding ortho intramolecular Hbond substituents is 1. The Hall–Kier alpha value is -3.68. The molecule has 2 aromatic rings. The molecule has 0 fully saturated rings. The van der Waals surface area contributed by atoms with Crippen LogP contribution in [-0.2, 0) is 11.2 Å². The van der Waals surface area contributed by atoms with Crippen LogP contribution in [0, 0.1) is 5.82 Å². The zero-order valence-electron chi connectivity index (χ0n) is 18.6. The summed E-state index contributed by atoms with van der Waals surface area (Å²) in [4.78, 5) is 34.0. The Bertz CT molecular complexity index is 1040. The monoisotopic (exact) mass is 458 g/mol. The fourth-order valence-corrected chi connectivity index (χ4v) is 3.10. The van der Waals surface area contributed by atoms with E-state index in [9.17, 15) is 23.9 Å². The molecule has 2 rings (SSSR count). The smallest absolute Gasteiger partial charge is 0.303 e. The molecule has 176 valence electrons. The SMILES string of the molecule is CCCc1c(OCC=CCOc2ccc(C(=O)CCC(=O)O)cc2F)ccc(C(C)=O)c1O. The number of ketones is 2. The number of aromatic hydroxyl groups is 1. The van der Waals surface area contributed by atoms with Crippen LogP contribution >= 0.6 is 0 Å². The number of hydrogen-bond acceptors (Lipinski definition) is 6. The molecule has 0 saturated carbocycles. The van der Waals surface area contributed by atoms with Gasteiger partial charge in [-0.2, -0.15) is 0 Å². The Kier molecular flexibility index (Phi) is 9.60. The summed E-state index contributed by atoms with van der Waals surface area (Å²) in [7, 11) is 0. The van der Waals surface area contributed by atoms with Crippen LogP contribution in [0.25, 0.3) is 0 Å². The van der Waals surface area contributed by atoms with E-state index in [1.807, 2.05) is 6.92 Å². The molecule has 0 saturated heterocycles. The Labute approximate surface area is 191 Å². The van der Waals surface area contributed by atoms with Crippen molar-refractivity contribution in [1.29, 1.82) is 0 Å². The summed E-state index contributed by atoms with van der Waals surface area (Å²) in [5, 5.41) is 19.0. The number of Topliss-reactive ketones (excluding diaryl/α,β-unsaturated/α-hetero) is 2. The highest BCUT2D eigenvalue weighted by atomic mass is 19.1. The normalized spacial score (nSPS) is 10.9. The number of halogens is 1. The van der Waals surface area contributed by atoms with Crippen molar-refractivity contribution in [3.8, 4) is 17.2 Å². The Morgan fingerprint density at radius 3 is 2.21 bits per heavy atom. The number of ether oxygens (including phenoxy) is 2. The summed E-state index contributed by atoms with van der Waals surface area (Å²) in [5.41, 5.74) is 0.924. The minimum Gasteiger partial charge on any atom is -0.507 e. The first-order valence-electron chi connectivity index (χ1n) is 10.6. The van der Waals surface area contributed by atoms with E-state index in [2.05, 4.69) is 0 Å². The maximum atomic E-state index is 14.2. The second-order valence-corrected chi connectivity index (χ2v) is 7.30. The van der Waals surface area contributed by atoms with E-state index >= 15 is 0 Å². The van der Waals surface area contributed by atoms with Crippen LogP contribution < -0.4 is 9.47 Å². The Balaban J connectivity index is 1.90. The summed E-state index contributed by atoms with van der Waals surface area (Å²) >= 11 is 0. The molecule has 0 aromatic heterocycles. The number of carboxylic acid groups (broad SMARTS) is 1. The van der Waals surface area contributed by atoms with Crippen molar-refractivity contribution in [3.63, 3.8) is 0 Å². The van der Waals surface area contributed by atoms with Crippen LogP contribution in [-0.4, -0.2) is 41.0 Å². The highest BCUT2D eigenvalue weighted by Gasteiger charge is 2.15. The Morgan fingerprint density at radius 1 is 1.00 bits per heavy atom. The molecule has 0 amide bonds. The molecule has 0 aliphatic rings. The van der Waals surface area contributed by atoms with Gasteiger partial charge in [-0.25, -0.2) is 4.39 Å². The van der Waals surface area contributed by atoms with Gasteiger partial charge in [-0.15, -0.1) is 0 Å². The second-order valence-electron chi connectivity index (χ2n) is 7.30. The third-order valence-electron chi connectivity index (χ3n) is 4.78. The molecule has 7 nitrogen and oxygen atoms in total. The summed E-state index contributed by atoms with van der Waals surface area (Å²) < 4.78 is 25.2. The van der Waals surface area contributed by atoms with Gasteiger partial charge in [0.2, 0.25) is 0 Å². The van der Waals surface area contributed by atoms with Gasteiger partial charge >= 0.3 is 5.97 Å². The predicted octanol–water partition coefficient (Wildman–Crippen LogP) is 4.75. The van der Waals surface area contributed by atoms with Crippen LogP contribution in [0.2, 0.25) is 0 Å². The van der Waals surface area contributed by atoms with E-state index in [1.54, 1.807) is 18.2 Å². The highest BCUT2D eigenvalue weighted by Crippen LogP contribution is 2.33. The van der Waals surface area contributed by atoms with Gasteiger partial charge in [0.25, 0.3) is 0 Å². The lowest BCUT2D eigenvalue weighted by Crippen LogP contribution is -2.05. The lowest BCUT2D eigenvalue weighted by molar-refractivity contribution is -0.136. The number of carboxylic acids is 1. The predicted molar refractivity (Wildman–Crippen MR) is 120 cm³/mol. The molecule has 0 aliphatic heterocycles. The fourth-order valence-electron chi connectivity index (χ4n) is 3.10. The molecule has 0 spiro atoms. The fraction of sp³-hybridized carbons (Fsp3) is 0.320. The van der Waals surface area contributed by atoms with Crippen LogP contribution in [0.15, 0.2) is 42.5 Å². The third-order valence-corrected chi connectivity index (χ3v) is 4.78. The quantitative estimate of drug-likeness (QED) is 0.329. The molecule has 0 unspecified atom stereocenters. The third kappa shape index (κ3) is 7.45. The standard InChI is InChI=1S/C25H27FO7/c1-3-6-19-22(11-8-18(16(2)27)25(19)31)32-13-4-5-14-33-23-10-7-17(15-20(23)26)21(28)9-12-24(29)30/h4-5,7-8,10-11,15,31H,3,6,9,12-14H2,1-2H3,(H,29,30). The molecule has 2 N–H and O–H groups in total. The van der Waals surface area contributed by atoms with Gasteiger partial charge in [0.15, 0.2) is 23.1 Å². The summed E-state index contributed by atoms with van der Waals surface area (Å²) in [6.45, 7) is 3.58. The first-order valence-corrected chi connectivity index (χ1v) is 10.6. The van der Waals surface area contributed by atoms with E-state index < -0.39 is 17.6 Å². The minimum absolute atomic E-state index is 0.0367. The largest absolute Gasteiger partial charge is 0.507 e. The van der Waals surface area contributed by atoms with Crippen molar-refractivity contribution in [2.75, 3.05) is 13.2 Å². The topological polar surface area (TPSA) is 110 Å². The highest BCUT2D eigenvalue weighted by molar-refractivity contribution is 5.98. The molecule has 0 atom stereocenters. The van der Waals surface area contributed by atoms with E-state index in [1.165, 1.54) is 25.1 Å². The number of benzene rings is 2. The van der Waals surface area contributed by atoms with Crippen molar-refractivity contribution in [2.24, 2.45) is 0 Å². The van der Waals surface area contributed by atoms with Crippen molar-refractivity contribution < 1.29 is 38.5 Å². The van der Waals surface area contributed by atoms with E-state index in [-0.39, 0.29) is 54.5 Å². The average Bonchev–Trinajstić information content (AvgIpc) is 2.77. The van der Waals surface area contributed by atoms with Crippen LogP contribution in [0.1, 0.15) is 59.4 Å². The molecule has 0 bridgehead atoms. The van der Waals surface area contributed by atoms with Gasteiger partial charge in [-0.05, 0) is 55.8 Å². The number of aliphatic carboxylic acids is 1. The lowest BCUT2D eigenvalue weighted by atomic mass is 10.0. The molecular weight excluding hydrogens is 431 g/mol. The number of hydrogen-bond donors (Lipinski definition) is 2. The van der Waals surface area contributed by atoms with Crippen LogP contribution in [0.3, 0.4) is 0 Å². The van der Waals surface area contributed by atoms with Gasteiger partial charge in [0.05, 0.1) is 12.0 Å². The molecule has 8 heteroatoms. The summed E-state index contributed by atoms with van der Waals surface area (Å²) in [5.74, 6) is -2.10. The first kappa shape index (κ1) is 25.6. The maximum Gasteiger partial charge on any atom is 0.303 e. The van der Waals surface area contributed by atoms with Crippen molar-refractivity contribution in [3.05, 3.63) is 65.0 Å². The Morgan fingerprint density at radius 2 is 1.64 bits per heavy atom. The molecule has 0 heterocycles. The molecule has 0 aliphatic carbocycles. The number of carbonyl (C=O) groups excluding carboxylic acids is 2. The number of rotatable bonds is 13. The van der Waals surface area contributed by atoms with Gasteiger partial charge in [0, 0.05) is 17.5 Å². The van der Waals surface area contributed by atoms with Crippen molar-refractivity contribution >= 4 is 17.5 Å². The van der Waals surface area contributed by atoms with E-state index in [4.69, 9.17) is 14.6 Å². The molecule has 33 heavy (non-hydrogen) atoms. The minimum atomic E-state index is -1.09. The van der Waals surface area contributed by atoms with Gasteiger partial charge in [-0.3, -0.25) is 14.4 Å². The lowest BCUT2D eigenvalue weighted by Gasteiger charge is -2.13. The van der Waals surface area contributed by atoms with Gasteiger partial charge in [0.1, 0.15) is 24.7 Å². The van der Waals surface area contributed by atoms with Crippen LogP contribution in [0.5, 0.6) is 17.2 Å². The zero-order valence-corrected chi connectivity index (χ0v) is 18.6. The van der Waals surface area contributed by atoms with Gasteiger partial charge < -0.3 is 19.7 Å². The van der Waals surface area contributed by atoms with E-state index in [0.717, 1.165) is 12.5 Å². The van der Waals surface area contributed by atoms with E-state index in [0.29, 0.717) is 17.7 Å². The number of phenols is 1. The molecule has 2 aromatic carbocycles. The average molecular weight is 458 g/mol. The number of carbonyl (C=O) groups is 3. The second kappa shape index (κ2) is 12.4. The van der Waals surface area contributed by atoms with Crippen LogP contribution in [0.4, 0.5) is 4.39 Å².